The summed E-state index contributed by atoms with van der Waals surface area (Å²) in [4.78, 5) is 27.7. The number of hydrogen-bond donors (Lipinski definition) is 1. The maximum Gasteiger partial charge on any atom is 0.269 e. The van der Waals surface area contributed by atoms with E-state index in [1.54, 1.807) is 25.1 Å². The minimum atomic E-state index is -0.591. The van der Waals surface area contributed by atoms with E-state index in [2.05, 4.69) is 10.3 Å². The maximum atomic E-state index is 14.0. The fourth-order valence-electron chi connectivity index (χ4n) is 3.48. The molecule has 0 aliphatic rings. The highest BCUT2D eigenvalue weighted by Gasteiger charge is 2.20. The van der Waals surface area contributed by atoms with Gasteiger partial charge in [-0.2, -0.15) is 0 Å². The van der Waals surface area contributed by atoms with E-state index < -0.39 is 22.7 Å². The van der Waals surface area contributed by atoms with Crippen LogP contribution in [0.3, 0.4) is 0 Å². The van der Waals surface area contributed by atoms with Crippen molar-refractivity contribution in [2.24, 2.45) is 0 Å². The van der Waals surface area contributed by atoms with Crippen molar-refractivity contribution in [2.75, 3.05) is 0 Å². The molecule has 0 radical (unpaired) electrons. The summed E-state index contributed by atoms with van der Waals surface area (Å²) in [7, 11) is 0. The van der Waals surface area contributed by atoms with E-state index in [0.29, 0.717) is 12.4 Å². The summed E-state index contributed by atoms with van der Waals surface area (Å²) in [6.45, 7) is 2.19. The molecule has 0 aliphatic carbocycles. The SMILES string of the molecule is CC(NC(=O)c1ccccc1F)c1nc2ccccc2n1Cc1ccc([N+](=O)[O-])cc1. The Kier molecular flexibility index (Phi) is 5.44. The van der Waals surface area contributed by atoms with Gasteiger partial charge in [-0.25, -0.2) is 9.37 Å². The fourth-order valence-corrected chi connectivity index (χ4v) is 3.48. The number of amides is 1. The Balaban J connectivity index is 1.66. The normalized spacial score (nSPS) is 11.9. The van der Waals surface area contributed by atoms with Gasteiger partial charge in [-0.1, -0.05) is 36.4 Å². The number of para-hydroxylation sites is 2. The second-order valence-corrected chi connectivity index (χ2v) is 7.14. The zero-order valence-electron chi connectivity index (χ0n) is 16.7. The second-order valence-electron chi connectivity index (χ2n) is 7.14. The van der Waals surface area contributed by atoms with Crippen LogP contribution in [0.5, 0.6) is 0 Å². The van der Waals surface area contributed by atoms with E-state index in [0.717, 1.165) is 16.6 Å². The molecule has 0 spiro atoms. The molecular weight excluding hydrogens is 399 g/mol. The van der Waals surface area contributed by atoms with Crippen LogP contribution in [-0.2, 0) is 6.54 Å². The van der Waals surface area contributed by atoms with Crippen molar-refractivity contribution in [3.63, 3.8) is 0 Å². The Morgan fingerprint density at radius 1 is 1.10 bits per heavy atom. The number of non-ortho nitro benzene ring substituents is 1. The molecular formula is C23H19FN4O3. The lowest BCUT2D eigenvalue weighted by Crippen LogP contribution is -2.29. The predicted molar refractivity (Wildman–Crippen MR) is 114 cm³/mol. The van der Waals surface area contributed by atoms with Crippen LogP contribution >= 0.6 is 0 Å². The van der Waals surface area contributed by atoms with Gasteiger partial charge in [-0.05, 0) is 36.8 Å². The molecule has 1 atom stereocenters. The second kappa shape index (κ2) is 8.35. The number of imidazole rings is 1. The molecule has 0 bridgehead atoms. The molecule has 1 N–H and O–H groups in total. The number of carbonyl (C=O) groups is 1. The van der Waals surface area contributed by atoms with Crippen molar-refractivity contribution in [3.05, 3.63) is 106 Å². The third-order valence-electron chi connectivity index (χ3n) is 5.03. The van der Waals surface area contributed by atoms with Crippen LogP contribution in [-0.4, -0.2) is 20.4 Å². The average molecular weight is 418 g/mol. The first-order valence-corrected chi connectivity index (χ1v) is 9.68. The Morgan fingerprint density at radius 2 is 1.77 bits per heavy atom. The number of halogens is 1. The Bertz CT molecular complexity index is 1270. The summed E-state index contributed by atoms with van der Waals surface area (Å²) < 4.78 is 15.9. The molecule has 1 aromatic heterocycles. The van der Waals surface area contributed by atoms with E-state index in [4.69, 9.17) is 0 Å². The number of nitrogens with zero attached hydrogens (tertiary/aromatic N) is 3. The van der Waals surface area contributed by atoms with Gasteiger partial charge in [0.2, 0.25) is 0 Å². The van der Waals surface area contributed by atoms with E-state index in [1.165, 1.54) is 30.3 Å². The predicted octanol–water partition coefficient (Wildman–Crippen LogP) is 4.62. The van der Waals surface area contributed by atoms with Gasteiger partial charge in [0.1, 0.15) is 11.6 Å². The summed E-state index contributed by atoms with van der Waals surface area (Å²) in [5.74, 6) is -0.518. The summed E-state index contributed by atoms with van der Waals surface area (Å²) in [6, 6.07) is 19.2. The topological polar surface area (TPSA) is 90.1 Å². The summed E-state index contributed by atoms with van der Waals surface area (Å²) in [6.07, 6.45) is 0. The Labute approximate surface area is 177 Å². The van der Waals surface area contributed by atoms with Gasteiger partial charge in [0.15, 0.2) is 0 Å². The lowest BCUT2D eigenvalue weighted by molar-refractivity contribution is -0.384. The number of hydrogen-bond acceptors (Lipinski definition) is 4. The average Bonchev–Trinajstić information content (AvgIpc) is 3.13. The van der Waals surface area contributed by atoms with Crippen LogP contribution in [0.25, 0.3) is 11.0 Å². The van der Waals surface area contributed by atoms with Crippen LogP contribution in [0.15, 0.2) is 72.8 Å². The molecule has 8 heteroatoms. The van der Waals surface area contributed by atoms with Gasteiger partial charge >= 0.3 is 0 Å². The molecule has 0 saturated carbocycles. The molecule has 0 saturated heterocycles. The van der Waals surface area contributed by atoms with Crippen molar-refractivity contribution in [1.29, 1.82) is 0 Å². The van der Waals surface area contributed by atoms with Crippen molar-refractivity contribution in [2.45, 2.75) is 19.5 Å². The fraction of sp³-hybridized carbons (Fsp3) is 0.130. The zero-order chi connectivity index (χ0) is 22.0. The number of carbonyl (C=O) groups excluding carboxylic acids is 1. The van der Waals surface area contributed by atoms with E-state index >= 15 is 0 Å². The number of nitrogens with one attached hydrogen (secondary N) is 1. The molecule has 156 valence electrons. The van der Waals surface area contributed by atoms with Gasteiger partial charge < -0.3 is 9.88 Å². The first-order chi connectivity index (χ1) is 14.9. The molecule has 1 amide bonds. The molecule has 0 fully saturated rings. The minimum absolute atomic E-state index is 0.0185. The molecule has 1 heterocycles. The van der Waals surface area contributed by atoms with Gasteiger partial charge in [0.05, 0.1) is 27.6 Å². The molecule has 4 aromatic rings. The van der Waals surface area contributed by atoms with Crippen molar-refractivity contribution >= 4 is 22.6 Å². The smallest absolute Gasteiger partial charge is 0.269 e. The highest BCUT2D eigenvalue weighted by atomic mass is 19.1. The van der Waals surface area contributed by atoms with Crippen LogP contribution in [0.1, 0.15) is 34.7 Å². The maximum absolute atomic E-state index is 14.0. The zero-order valence-corrected chi connectivity index (χ0v) is 16.7. The van der Waals surface area contributed by atoms with Crippen molar-refractivity contribution in [3.8, 4) is 0 Å². The third-order valence-corrected chi connectivity index (χ3v) is 5.03. The number of fused-ring (bicyclic) bond motifs is 1. The van der Waals surface area contributed by atoms with Crippen molar-refractivity contribution < 1.29 is 14.1 Å². The molecule has 4 rings (SSSR count). The summed E-state index contributed by atoms with van der Waals surface area (Å²) in [5, 5.41) is 13.7. The summed E-state index contributed by atoms with van der Waals surface area (Å²) >= 11 is 0. The number of nitro groups is 1. The quantitative estimate of drug-likeness (QED) is 0.365. The summed E-state index contributed by atoms with van der Waals surface area (Å²) in [5.41, 5.74) is 2.45. The van der Waals surface area contributed by atoms with Crippen LogP contribution < -0.4 is 5.32 Å². The molecule has 0 aliphatic heterocycles. The van der Waals surface area contributed by atoms with Gasteiger partial charge in [-0.15, -0.1) is 0 Å². The van der Waals surface area contributed by atoms with Gasteiger partial charge in [-0.3, -0.25) is 14.9 Å². The molecule has 1 unspecified atom stereocenters. The molecule has 3 aromatic carbocycles. The standard InChI is InChI=1S/C23H19FN4O3/c1-15(25-23(29)18-6-2-3-7-19(18)24)22-26-20-8-4-5-9-21(20)27(22)14-16-10-12-17(13-11-16)28(30)31/h2-13,15H,14H2,1H3,(H,25,29). The van der Waals surface area contributed by atoms with E-state index in [9.17, 15) is 19.3 Å². The van der Waals surface area contributed by atoms with Crippen molar-refractivity contribution in [1.82, 2.24) is 14.9 Å². The van der Waals surface area contributed by atoms with E-state index in [-0.39, 0.29) is 11.3 Å². The van der Waals surface area contributed by atoms with Crippen LogP contribution in [0.2, 0.25) is 0 Å². The molecule has 31 heavy (non-hydrogen) atoms. The largest absolute Gasteiger partial charge is 0.342 e. The number of aromatic nitrogens is 2. The highest BCUT2D eigenvalue weighted by Crippen LogP contribution is 2.23. The monoisotopic (exact) mass is 418 g/mol. The van der Waals surface area contributed by atoms with Gasteiger partial charge in [0.25, 0.3) is 11.6 Å². The first kappa shape index (κ1) is 20.2. The van der Waals surface area contributed by atoms with E-state index in [1.807, 2.05) is 28.8 Å². The Morgan fingerprint density at radius 3 is 2.48 bits per heavy atom. The lowest BCUT2D eigenvalue weighted by Gasteiger charge is -2.17. The highest BCUT2D eigenvalue weighted by molar-refractivity contribution is 5.94. The number of benzene rings is 3. The Hall–Kier alpha value is -4.07. The minimum Gasteiger partial charge on any atom is -0.342 e. The van der Waals surface area contributed by atoms with Gasteiger partial charge in [0, 0.05) is 18.7 Å². The number of rotatable bonds is 6. The first-order valence-electron chi connectivity index (χ1n) is 9.68. The number of nitro benzene ring substituents is 1. The molecule has 7 nitrogen and oxygen atoms in total. The lowest BCUT2D eigenvalue weighted by atomic mass is 10.1. The third kappa shape index (κ3) is 4.13. The van der Waals surface area contributed by atoms with Crippen LogP contribution in [0.4, 0.5) is 10.1 Å². The van der Waals surface area contributed by atoms with Crippen LogP contribution in [0, 0.1) is 15.9 Å².